The van der Waals surface area contributed by atoms with Gasteiger partial charge in [-0.3, -0.25) is 10.1 Å². The van der Waals surface area contributed by atoms with Crippen molar-refractivity contribution in [1.29, 1.82) is 0 Å². The van der Waals surface area contributed by atoms with Crippen molar-refractivity contribution in [3.05, 3.63) is 96.1 Å². The van der Waals surface area contributed by atoms with Gasteiger partial charge in [-0.1, -0.05) is 60.7 Å². The van der Waals surface area contributed by atoms with Gasteiger partial charge < -0.3 is 4.74 Å². The Balaban J connectivity index is 1.57. The van der Waals surface area contributed by atoms with Crippen molar-refractivity contribution in [3.63, 3.8) is 0 Å². The van der Waals surface area contributed by atoms with Crippen LogP contribution in [0.25, 0.3) is 11.4 Å². The summed E-state index contributed by atoms with van der Waals surface area (Å²) in [6.07, 6.45) is 0. The summed E-state index contributed by atoms with van der Waals surface area (Å²) in [6, 6.07) is 27.0. The molecule has 0 atom stereocenters. The lowest BCUT2D eigenvalue weighted by Crippen LogP contribution is -2.22. The zero-order valence-corrected chi connectivity index (χ0v) is 16.6. The molecule has 6 heteroatoms. The van der Waals surface area contributed by atoms with Crippen molar-refractivity contribution in [3.8, 4) is 17.1 Å². The fourth-order valence-corrected chi connectivity index (χ4v) is 3.69. The maximum Gasteiger partial charge on any atom is 0.238 e. The molecule has 0 fully saturated rings. The van der Waals surface area contributed by atoms with Gasteiger partial charge in [-0.25, -0.2) is 0 Å². The van der Waals surface area contributed by atoms with Gasteiger partial charge in [0.15, 0.2) is 5.82 Å². The highest BCUT2D eigenvalue weighted by atomic mass is 32.1. The van der Waals surface area contributed by atoms with Crippen molar-refractivity contribution < 1.29 is 9.53 Å². The van der Waals surface area contributed by atoms with Crippen molar-refractivity contribution in [2.45, 2.75) is 5.92 Å². The molecule has 1 amide bonds. The number of anilines is 1. The first-order valence-electron chi connectivity index (χ1n) is 9.13. The third-order valence-electron chi connectivity index (χ3n) is 4.53. The fourth-order valence-electron chi connectivity index (χ4n) is 3.10. The molecule has 0 aliphatic rings. The molecule has 0 bridgehead atoms. The molecule has 1 N–H and O–H groups in total. The number of aromatic nitrogens is 2. The normalized spacial score (nSPS) is 10.7. The molecule has 0 aliphatic heterocycles. The lowest BCUT2D eigenvalue weighted by Gasteiger charge is -2.16. The highest BCUT2D eigenvalue weighted by Gasteiger charge is 2.23. The lowest BCUT2D eigenvalue weighted by atomic mass is 9.90. The molecule has 4 aromatic rings. The Morgan fingerprint density at radius 2 is 1.48 bits per heavy atom. The SMILES string of the molecule is COc1ccc(-c2nsc(NC(=O)C(c3ccccc3)c3ccccc3)n2)cc1. The monoisotopic (exact) mass is 401 g/mol. The number of rotatable bonds is 6. The second-order valence-corrected chi connectivity index (χ2v) is 7.15. The van der Waals surface area contributed by atoms with Crippen LogP contribution < -0.4 is 10.1 Å². The minimum Gasteiger partial charge on any atom is -0.497 e. The first kappa shape index (κ1) is 18.8. The average Bonchev–Trinajstić information content (AvgIpc) is 3.24. The van der Waals surface area contributed by atoms with Crippen molar-refractivity contribution in [2.75, 3.05) is 12.4 Å². The van der Waals surface area contributed by atoms with Crippen LogP contribution in [0.15, 0.2) is 84.9 Å². The Labute approximate surface area is 173 Å². The molecule has 0 unspecified atom stereocenters. The number of amides is 1. The first-order chi connectivity index (χ1) is 14.2. The first-order valence-corrected chi connectivity index (χ1v) is 9.91. The Morgan fingerprint density at radius 1 is 0.897 bits per heavy atom. The van der Waals surface area contributed by atoms with E-state index in [9.17, 15) is 4.79 Å². The number of nitrogens with zero attached hydrogens (tertiary/aromatic N) is 2. The molecule has 29 heavy (non-hydrogen) atoms. The van der Waals surface area contributed by atoms with Crippen molar-refractivity contribution >= 4 is 22.6 Å². The summed E-state index contributed by atoms with van der Waals surface area (Å²) >= 11 is 1.17. The number of nitrogens with one attached hydrogen (secondary N) is 1. The van der Waals surface area contributed by atoms with Crippen molar-refractivity contribution in [2.24, 2.45) is 0 Å². The summed E-state index contributed by atoms with van der Waals surface area (Å²) in [5.74, 6) is 0.778. The van der Waals surface area contributed by atoms with Gasteiger partial charge in [0, 0.05) is 17.1 Å². The quantitative estimate of drug-likeness (QED) is 0.495. The van der Waals surface area contributed by atoms with Gasteiger partial charge in [0.25, 0.3) is 0 Å². The summed E-state index contributed by atoms with van der Waals surface area (Å²) in [5.41, 5.74) is 2.72. The number of hydrogen-bond acceptors (Lipinski definition) is 5. The predicted molar refractivity (Wildman–Crippen MR) is 115 cm³/mol. The molecule has 0 radical (unpaired) electrons. The summed E-state index contributed by atoms with van der Waals surface area (Å²) in [7, 11) is 1.62. The second-order valence-electron chi connectivity index (χ2n) is 6.40. The molecule has 144 valence electrons. The maximum absolute atomic E-state index is 13.2. The van der Waals surface area contributed by atoms with Crippen LogP contribution in [-0.2, 0) is 4.79 Å². The van der Waals surface area contributed by atoms with Crippen LogP contribution >= 0.6 is 11.5 Å². The molecule has 5 nitrogen and oxygen atoms in total. The highest BCUT2D eigenvalue weighted by molar-refractivity contribution is 7.10. The summed E-state index contributed by atoms with van der Waals surface area (Å²) < 4.78 is 9.55. The van der Waals surface area contributed by atoms with E-state index in [-0.39, 0.29) is 5.91 Å². The van der Waals surface area contributed by atoms with Gasteiger partial charge in [0.2, 0.25) is 11.0 Å². The molecule has 1 aromatic heterocycles. The van der Waals surface area contributed by atoms with Crippen LogP contribution in [0.3, 0.4) is 0 Å². The van der Waals surface area contributed by atoms with Crippen LogP contribution in [0, 0.1) is 0 Å². The smallest absolute Gasteiger partial charge is 0.238 e. The second kappa shape index (κ2) is 8.67. The molecule has 0 saturated carbocycles. The third kappa shape index (κ3) is 4.33. The van der Waals surface area contributed by atoms with E-state index in [1.807, 2.05) is 84.9 Å². The van der Waals surface area contributed by atoms with E-state index in [0.717, 1.165) is 22.4 Å². The number of carbonyl (C=O) groups excluding carboxylic acids is 1. The summed E-state index contributed by atoms with van der Waals surface area (Å²) in [5, 5.41) is 3.40. The largest absolute Gasteiger partial charge is 0.497 e. The average molecular weight is 401 g/mol. The summed E-state index contributed by atoms with van der Waals surface area (Å²) in [6.45, 7) is 0. The number of hydrogen-bond donors (Lipinski definition) is 1. The predicted octanol–water partition coefficient (Wildman–Crippen LogP) is 4.98. The van der Waals surface area contributed by atoms with Gasteiger partial charge in [-0.05, 0) is 35.4 Å². The Bertz CT molecular complexity index is 1040. The molecule has 0 saturated heterocycles. The standard InChI is InChI=1S/C23H19N3O2S/c1-28-19-14-12-18(13-15-19)21-24-23(29-26-21)25-22(27)20(16-8-4-2-5-9-16)17-10-6-3-7-11-17/h2-15,20H,1H3,(H,24,25,26,27). The van der Waals surface area contributed by atoms with Crippen LogP contribution in [0.2, 0.25) is 0 Å². The minimum absolute atomic E-state index is 0.139. The van der Waals surface area contributed by atoms with E-state index in [0.29, 0.717) is 11.0 Å². The Morgan fingerprint density at radius 3 is 2.03 bits per heavy atom. The fraction of sp³-hybridized carbons (Fsp3) is 0.0870. The molecule has 1 heterocycles. The molecule has 0 spiro atoms. The zero-order valence-electron chi connectivity index (χ0n) is 15.8. The van der Waals surface area contributed by atoms with Crippen molar-refractivity contribution in [1.82, 2.24) is 9.36 Å². The van der Waals surface area contributed by atoms with Crippen LogP contribution in [0.1, 0.15) is 17.0 Å². The van der Waals surface area contributed by atoms with Gasteiger partial charge in [0.1, 0.15) is 5.75 Å². The Kier molecular flexibility index (Phi) is 5.63. The van der Waals surface area contributed by atoms with Gasteiger partial charge >= 0.3 is 0 Å². The van der Waals surface area contributed by atoms with E-state index in [1.54, 1.807) is 7.11 Å². The molecular weight excluding hydrogens is 382 g/mol. The number of carbonyl (C=O) groups is 1. The van der Waals surface area contributed by atoms with Gasteiger partial charge in [0.05, 0.1) is 13.0 Å². The van der Waals surface area contributed by atoms with Crippen LogP contribution in [0.4, 0.5) is 5.13 Å². The molecular formula is C23H19N3O2S. The van der Waals surface area contributed by atoms with Crippen LogP contribution in [0.5, 0.6) is 5.75 Å². The van der Waals surface area contributed by atoms with Gasteiger partial charge in [-0.15, -0.1) is 0 Å². The van der Waals surface area contributed by atoms with E-state index >= 15 is 0 Å². The highest BCUT2D eigenvalue weighted by Crippen LogP contribution is 2.28. The molecule has 4 rings (SSSR count). The minimum atomic E-state index is -0.425. The van der Waals surface area contributed by atoms with E-state index < -0.39 is 5.92 Å². The lowest BCUT2D eigenvalue weighted by molar-refractivity contribution is -0.116. The number of benzene rings is 3. The van der Waals surface area contributed by atoms with E-state index in [1.165, 1.54) is 11.5 Å². The van der Waals surface area contributed by atoms with E-state index in [4.69, 9.17) is 4.74 Å². The summed E-state index contributed by atoms with van der Waals surface area (Å²) in [4.78, 5) is 17.6. The van der Waals surface area contributed by atoms with Gasteiger partial charge in [-0.2, -0.15) is 9.36 Å². The molecule has 0 aliphatic carbocycles. The number of methoxy groups -OCH3 is 1. The molecule has 3 aromatic carbocycles. The Hall–Kier alpha value is -3.51. The maximum atomic E-state index is 13.2. The number of ether oxygens (including phenoxy) is 1. The van der Waals surface area contributed by atoms with E-state index in [2.05, 4.69) is 14.7 Å². The third-order valence-corrected chi connectivity index (χ3v) is 5.16. The van der Waals surface area contributed by atoms with Crippen LogP contribution in [-0.4, -0.2) is 22.4 Å². The zero-order chi connectivity index (χ0) is 20.1. The topological polar surface area (TPSA) is 64.1 Å².